The van der Waals surface area contributed by atoms with E-state index in [9.17, 15) is 0 Å². The van der Waals surface area contributed by atoms with Gasteiger partial charge < -0.3 is 18.9 Å². The number of aryl methyl sites for hydroxylation is 3. The number of aromatic nitrogens is 2. The van der Waals surface area contributed by atoms with Crippen molar-refractivity contribution in [2.24, 2.45) is 0 Å². The molecular formula is C79H60N4. The van der Waals surface area contributed by atoms with Crippen LogP contribution in [0.4, 0.5) is 34.1 Å². The average molecular weight is 1070 g/mol. The second-order valence-electron chi connectivity index (χ2n) is 21.9. The number of benzene rings is 13. The molecule has 2 heterocycles. The molecular weight excluding hydrogens is 1000 g/mol. The first-order valence-corrected chi connectivity index (χ1v) is 29.1. The summed E-state index contributed by atoms with van der Waals surface area (Å²) in [5, 5.41) is 9.91. The molecule has 0 saturated carbocycles. The molecule has 13 aromatic carbocycles. The topological polar surface area (TPSA) is 16.3 Å². The lowest BCUT2D eigenvalue weighted by Gasteiger charge is -2.26. The van der Waals surface area contributed by atoms with Crippen LogP contribution in [0, 0.1) is 6.92 Å². The van der Waals surface area contributed by atoms with E-state index in [4.69, 9.17) is 0 Å². The summed E-state index contributed by atoms with van der Waals surface area (Å²) in [4.78, 5) is 4.80. The van der Waals surface area contributed by atoms with Crippen LogP contribution in [0.3, 0.4) is 0 Å². The Morgan fingerprint density at radius 1 is 0.265 bits per heavy atom. The number of hydrogen-bond donors (Lipinski definition) is 0. The second kappa shape index (κ2) is 20.6. The van der Waals surface area contributed by atoms with Crippen LogP contribution < -0.4 is 9.80 Å². The molecule has 0 spiro atoms. The fraction of sp³-hybridized carbons (Fsp3) is 0.0633. The summed E-state index contributed by atoms with van der Waals surface area (Å²) in [5.74, 6) is 0. The molecule has 0 unspecified atom stereocenters. The number of hydrogen-bond acceptors (Lipinski definition) is 2. The van der Waals surface area contributed by atoms with Crippen LogP contribution in [0.25, 0.3) is 98.8 Å². The van der Waals surface area contributed by atoms with Gasteiger partial charge in [-0.2, -0.15) is 0 Å². The highest BCUT2D eigenvalue weighted by Gasteiger charge is 2.23. The molecule has 0 radical (unpaired) electrons. The molecule has 0 saturated heterocycles. The highest BCUT2D eigenvalue weighted by atomic mass is 15.1. The van der Waals surface area contributed by atoms with Gasteiger partial charge in [-0.3, -0.25) is 0 Å². The molecule has 4 nitrogen and oxygen atoms in total. The molecule has 0 aliphatic carbocycles. The quantitative estimate of drug-likeness (QED) is 0.113. The smallest absolute Gasteiger partial charge is 0.0542 e. The molecule has 0 atom stereocenters. The van der Waals surface area contributed by atoms with Gasteiger partial charge in [-0.05, 0) is 208 Å². The summed E-state index contributed by atoms with van der Waals surface area (Å²) >= 11 is 0. The van der Waals surface area contributed by atoms with Gasteiger partial charge in [-0.25, -0.2) is 0 Å². The molecule has 0 N–H and O–H groups in total. The van der Waals surface area contributed by atoms with Crippen LogP contribution in [0.2, 0.25) is 0 Å². The molecule has 0 aliphatic rings. The highest BCUT2D eigenvalue weighted by Crippen LogP contribution is 2.47. The number of nitrogens with zero attached hydrogens (tertiary/aromatic N) is 4. The Bertz CT molecular complexity index is 4910. The fourth-order valence-corrected chi connectivity index (χ4v) is 13.1. The zero-order valence-electron chi connectivity index (χ0n) is 46.8. The normalized spacial score (nSPS) is 11.7. The largest absolute Gasteiger partial charge is 0.310 e. The van der Waals surface area contributed by atoms with E-state index in [0.717, 1.165) is 58.3 Å². The van der Waals surface area contributed by atoms with Gasteiger partial charge in [0.1, 0.15) is 0 Å². The summed E-state index contributed by atoms with van der Waals surface area (Å²) in [6, 6.07) is 105. The third kappa shape index (κ3) is 8.53. The Labute approximate surface area is 484 Å². The minimum atomic E-state index is 0.979. The van der Waals surface area contributed by atoms with Crippen LogP contribution >= 0.6 is 0 Å². The zero-order valence-corrected chi connectivity index (χ0v) is 46.8. The van der Waals surface area contributed by atoms with Gasteiger partial charge in [-0.15, -0.1) is 0 Å². The molecule has 2 aromatic heterocycles. The zero-order chi connectivity index (χ0) is 55.5. The molecule has 0 bridgehead atoms. The maximum absolute atomic E-state index is 2.40. The molecule has 15 aromatic rings. The number of para-hydroxylation sites is 4. The van der Waals surface area contributed by atoms with Crippen LogP contribution in [-0.2, 0) is 12.8 Å². The first-order chi connectivity index (χ1) is 41.0. The molecule has 15 rings (SSSR count). The maximum Gasteiger partial charge on any atom is 0.0542 e. The van der Waals surface area contributed by atoms with E-state index >= 15 is 0 Å². The molecule has 4 heteroatoms. The summed E-state index contributed by atoms with van der Waals surface area (Å²) in [7, 11) is 0. The standard InChI is InChI=1S/C79H60N4/c1-4-54-31-44-74-69(49-54)71-51-64(41-46-76(71)82(74)60-24-14-8-15-25-60)80(58-20-10-6-11-21-58)62-37-33-56(34-38-62)78-66-28-18-19-29-67(66)79(73-48-53(3)30-43-68(73)78)57-35-39-63(40-36-57)81(59-22-12-7-13-23-59)65-42-47-77-72(52-65)70-50-55(5-2)32-45-75(70)83(77)61-26-16-9-17-27-61/h6-52H,4-5H2,1-3H3. The molecule has 0 fully saturated rings. The van der Waals surface area contributed by atoms with Crippen molar-refractivity contribution in [3.05, 3.63) is 302 Å². The van der Waals surface area contributed by atoms with Crippen molar-refractivity contribution in [3.8, 4) is 33.6 Å². The lowest BCUT2D eigenvalue weighted by atomic mass is 9.85. The van der Waals surface area contributed by atoms with Crippen molar-refractivity contribution < 1.29 is 0 Å². The van der Waals surface area contributed by atoms with Gasteiger partial charge in [0, 0.05) is 67.0 Å². The fourth-order valence-electron chi connectivity index (χ4n) is 13.1. The van der Waals surface area contributed by atoms with Crippen molar-refractivity contribution in [2.45, 2.75) is 33.6 Å². The van der Waals surface area contributed by atoms with Gasteiger partial charge in [0.25, 0.3) is 0 Å². The minimum Gasteiger partial charge on any atom is -0.310 e. The minimum absolute atomic E-state index is 0.979. The van der Waals surface area contributed by atoms with Crippen molar-refractivity contribution >= 4 is 99.3 Å². The number of fused-ring (bicyclic) bond motifs is 8. The van der Waals surface area contributed by atoms with E-state index in [1.807, 2.05) is 0 Å². The second-order valence-corrected chi connectivity index (χ2v) is 21.9. The Morgan fingerprint density at radius 3 is 1.02 bits per heavy atom. The molecule has 0 aliphatic heterocycles. The summed E-state index contributed by atoms with van der Waals surface area (Å²) < 4.78 is 4.81. The van der Waals surface area contributed by atoms with E-state index in [1.165, 1.54) is 104 Å². The van der Waals surface area contributed by atoms with Gasteiger partial charge in [-0.1, -0.05) is 171 Å². The monoisotopic (exact) mass is 1060 g/mol. The first kappa shape index (κ1) is 49.6. The summed E-state index contributed by atoms with van der Waals surface area (Å²) in [6.07, 6.45) is 1.96. The van der Waals surface area contributed by atoms with Crippen molar-refractivity contribution in [3.63, 3.8) is 0 Å². The Hall–Kier alpha value is -10.4. The third-order valence-corrected chi connectivity index (χ3v) is 17.0. The van der Waals surface area contributed by atoms with E-state index in [0.29, 0.717) is 0 Å². The first-order valence-electron chi connectivity index (χ1n) is 29.1. The van der Waals surface area contributed by atoms with Crippen LogP contribution in [0.5, 0.6) is 0 Å². The van der Waals surface area contributed by atoms with Gasteiger partial charge >= 0.3 is 0 Å². The lowest BCUT2D eigenvalue weighted by Crippen LogP contribution is -2.09. The van der Waals surface area contributed by atoms with E-state index in [-0.39, 0.29) is 0 Å². The predicted molar refractivity (Wildman–Crippen MR) is 354 cm³/mol. The van der Waals surface area contributed by atoms with E-state index in [2.05, 4.69) is 325 Å². The Balaban J connectivity index is 0.835. The third-order valence-electron chi connectivity index (χ3n) is 17.0. The molecule has 0 amide bonds. The SMILES string of the molecule is CCc1ccc2c(c1)c1cc(N(c3ccccc3)c3ccc(-c4c5ccccc5c(-c5ccc(N(c6ccccc6)c6ccc7c(c6)c6cc(CC)ccc6n7-c6ccccc6)cc5)c5cc(C)ccc45)cc3)ccc1n2-c1ccccc1. The Kier molecular flexibility index (Phi) is 12.3. The number of rotatable bonds is 12. The molecule has 396 valence electrons. The van der Waals surface area contributed by atoms with E-state index in [1.54, 1.807) is 0 Å². The van der Waals surface area contributed by atoms with Crippen molar-refractivity contribution in [1.29, 1.82) is 0 Å². The van der Waals surface area contributed by atoms with Gasteiger partial charge in [0.15, 0.2) is 0 Å². The predicted octanol–water partition coefficient (Wildman–Crippen LogP) is 21.9. The summed E-state index contributed by atoms with van der Waals surface area (Å²) in [6.45, 7) is 6.68. The van der Waals surface area contributed by atoms with Crippen LogP contribution in [0.1, 0.15) is 30.5 Å². The lowest BCUT2D eigenvalue weighted by molar-refractivity contribution is 1.14. The van der Waals surface area contributed by atoms with Gasteiger partial charge in [0.05, 0.1) is 22.1 Å². The number of anilines is 6. The van der Waals surface area contributed by atoms with Crippen LogP contribution in [0.15, 0.2) is 285 Å². The maximum atomic E-state index is 2.40. The Morgan fingerprint density at radius 2 is 0.602 bits per heavy atom. The highest BCUT2D eigenvalue weighted by molar-refractivity contribution is 6.22. The van der Waals surface area contributed by atoms with Gasteiger partial charge in [0.2, 0.25) is 0 Å². The van der Waals surface area contributed by atoms with Crippen molar-refractivity contribution in [1.82, 2.24) is 9.13 Å². The van der Waals surface area contributed by atoms with E-state index < -0.39 is 0 Å². The van der Waals surface area contributed by atoms with Crippen LogP contribution in [-0.4, -0.2) is 9.13 Å². The average Bonchev–Trinajstić information content (AvgIpc) is 3.55. The van der Waals surface area contributed by atoms with Crippen molar-refractivity contribution in [2.75, 3.05) is 9.80 Å². The summed E-state index contributed by atoms with van der Waals surface area (Å²) in [5.41, 5.74) is 22.5. The molecule has 83 heavy (non-hydrogen) atoms.